The molecule has 0 aromatic heterocycles. The molecule has 1 unspecified atom stereocenters. The van der Waals surface area contributed by atoms with Gasteiger partial charge in [-0.3, -0.25) is 0 Å². The fraction of sp³-hybridized carbons (Fsp3) is 0.538. The van der Waals surface area contributed by atoms with Crippen molar-refractivity contribution >= 4 is 0 Å². The predicted octanol–water partition coefficient (Wildman–Crippen LogP) is 2.72. The topological polar surface area (TPSA) is 21.3 Å². The minimum atomic E-state index is -0.211. The van der Waals surface area contributed by atoms with Crippen LogP contribution in [0.2, 0.25) is 0 Å². The number of rotatable bonds is 5. The highest BCUT2D eigenvalue weighted by molar-refractivity contribution is 5.33. The fourth-order valence-electron chi connectivity index (χ4n) is 1.92. The van der Waals surface area contributed by atoms with E-state index in [1.165, 1.54) is 25.0 Å². The Balaban J connectivity index is 1.98. The van der Waals surface area contributed by atoms with Crippen LogP contribution in [0.15, 0.2) is 18.2 Å². The van der Waals surface area contributed by atoms with Gasteiger partial charge in [-0.25, -0.2) is 4.39 Å². The number of ether oxygens (including phenoxy) is 1. The summed E-state index contributed by atoms with van der Waals surface area (Å²) in [5.41, 5.74) is 0.884. The molecule has 2 rings (SSSR count). The van der Waals surface area contributed by atoms with Crippen molar-refractivity contribution in [2.24, 2.45) is 5.92 Å². The molecule has 1 aliphatic carbocycles. The van der Waals surface area contributed by atoms with E-state index in [0.29, 0.717) is 12.6 Å². The normalized spacial score (nSPS) is 17.2. The lowest BCUT2D eigenvalue weighted by Crippen LogP contribution is -2.27. The summed E-state index contributed by atoms with van der Waals surface area (Å²) < 4.78 is 18.3. The van der Waals surface area contributed by atoms with Crippen LogP contribution in [-0.2, 0) is 6.54 Å². The lowest BCUT2D eigenvalue weighted by Gasteiger charge is -2.14. The van der Waals surface area contributed by atoms with Gasteiger partial charge in [0.05, 0.1) is 7.11 Å². The number of hydrogen-bond donors (Lipinski definition) is 1. The Morgan fingerprint density at radius 1 is 1.50 bits per heavy atom. The maximum Gasteiger partial charge on any atom is 0.123 e. The molecule has 1 aromatic rings. The van der Waals surface area contributed by atoms with Crippen LogP contribution in [0.3, 0.4) is 0 Å². The molecule has 1 aliphatic rings. The molecule has 1 saturated carbocycles. The first-order valence-electron chi connectivity index (χ1n) is 5.76. The number of methoxy groups -OCH3 is 1. The Morgan fingerprint density at radius 2 is 2.25 bits per heavy atom. The molecule has 16 heavy (non-hydrogen) atoms. The van der Waals surface area contributed by atoms with Gasteiger partial charge in [-0.15, -0.1) is 0 Å². The van der Waals surface area contributed by atoms with E-state index in [1.54, 1.807) is 13.2 Å². The van der Waals surface area contributed by atoms with Gasteiger partial charge >= 0.3 is 0 Å². The maximum absolute atomic E-state index is 13.1. The third-order valence-corrected chi connectivity index (χ3v) is 3.19. The molecule has 2 nitrogen and oxygen atoms in total. The van der Waals surface area contributed by atoms with Crippen LogP contribution < -0.4 is 10.1 Å². The molecule has 0 bridgehead atoms. The zero-order valence-electron chi connectivity index (χ0n) is 9.79. The highest BCUT2D eigenvalue weighted by atomic mass is 19.1. The van der Waals surface area contributed by atoms with Crippen molar-refractivity contribution in [3.63, 3.8) is 0 Å². The first-order valence-corrected chi connectivity index (χ1v) is 5.76. The van der Waals surface area contributed by atoms with Crippen molar-refractivity contribution in [3.8, 4) is 5.75 Å². The van der Waals surface area contributed by atoms with Crippen molar-refractivity contribution in [1.29, 1.82) is 0 Å². The Hall–Kier alpha value is -1.09. The lowest BCUT2D eigenvalue weighted by atomic mass is 10.1. The molecule has 88 valence electrons. The maximum atomic E-state index is 13.1. The van der Waals surface area contributed by atoms with Crippen molar-refractivity contribution in [2.45, 2.75) is 32.4 Å². The molecule has 0 aliphatic heterocycles. The van der Waals surface area contributed by atoms with Gasteiger partial charge < -0.3 is 10.1 Å². The first kappa shape index (κ1) is 11.4. The summed E-state index contributed by atoms with van der Waals surface area (Å²) in [4.78, 5) is 0. The van der Waals surface area contributed by atoms with Gasteiger partial charge in [0.2, 0.25) is 0 Å². The standard InChI is InChI=1S/C13H18FNO/c1-9(10-3-4-10)15-8-11-7-12(14)5-6-13(11)16-2/h5-7,9-10,15H,3-4,8H2,1-2H3. The van der Waals surface area contributed by atoms with Crippen molar-refractivity contribution in [1.82, 2.24) is 5.32 Å². The molecule has 0 saturated heterocycles. The molecule has 0 amide bonds. The second-order valence-electron chi connectivity index (χ2n) is 4.46. The Bertz CT molecular complexity index is 363. The largest absolute Gasteiger partial charge is 0.496 e. The Kier molecular flexibility index (Phi) is 3.44. The fourth-order valence-corrected chi connectivity index (χ4v) is 1.92. The van der Waals surface area contributed by atoms with E-state index in [2.05, 4.69) is 12.2 Å². The minimum absolute atomic E-state index is 0.211. The molecular formula is C13H18FNO. The van der Waals surface area contributed by atoms with E-state index in [0.717, 1.165) is 17.2 Å². The van der Waals surface area contributed by atoms with Crippen LogP contribution in [-0.4, -0.2) is 13.2 Å². The molecule has 0 radical (unpaired) electrons. The van der Waals surface area contributed by atoms with Gasteiger partial charge in [0, 0.05) is 18.2 Å². The smallest absolute Gasteiger partial charge is 0.123 e. The molecule has 1 fully saturated rings. The average molecular weight is 223 g/mol. The molecule has 0 spiro atoms. The second kappa shape index (κ2) is 4.83. The summed E-state index contributed by atoms with van der Waals surface area (Å²) in [7, 11) is 1.61. The molecule has 0 heterocycles. The van der Waals surface area contributed by atoms with Crippen LogP contribution in [0.25, 0.3) is 0 Å². The Morgan fingerprint density at radius 3 is 2.88 bits per heavy atom. The molecule has 1 aromatic carbocycles. The van der Waals surface area contributed by atoms with Crippen LogP contribution in [0.5, 0.6) is 5.75 Å². The van der Waals surface area contributed by atoms with Crippen LogP contribution in [0.4, 0.5) is 4.39 Å². The van der Waals surface area contributed by atoms with Gasteiger partial charge in [0.15, 0.2) is 0 Å². The van der Waals surface area contributed by atoms with Gasteiger partial charge in [-0.05, 0) is 43.9 Å². The molecule has 1 atom stereocenters. The average Bonchev–Trinajstić information content (AvgIpc) is 3.10. The molecule has 3 heteroatoms. The summed E-state index contributed by atoms with van der Waals surface area (Å²) in [6.07, 6.45) is 2.63. The van der Waals surface area contributed by atoms with E-state index in [4.69, 9.17) is 4.74 Å². The number of nitrogens with one attached hydrogen (secondary N) is 1. The van der Waals surface area contributed by atoms with Gasteiger partial charge in [0.1, 0.15) is 11.6 Å². The molecular weight excluding hydrogens is 205 g/mol. The van der Waals surface area contributed by atoms with Crippen LogP contribution in [0, 0.1) is 11.7 Å². The zero-order chi connectivity index (χ0) is 11.5. The van der Waals surface area contributed by atoms with Crippen molar-refractivity contribution in [2.75, 3.05) is 7.11 Å². The lowest BCUT2D eigenvalue weighted by molar-refractivity contribution is 0.402. The number of halogens is 1. The summed E-state index contributed by atoms with van der Waals surface area (Å²) in [6, 6.07) is 5.14. The van der Waals surface area contributed by atoms with Crippen molar-refractivity contribution in [3.05, 3.63) is 29.6 Å². The zero-order valence-corrected chi connectivity index (χ0v) is 9.79. The third-order valence-electron chi connectivity index (χ3n) is 3.19. The van der Waals surface area contributed by atoms with E-state index in [-0.39, 0.29) is 5.82 Å². The quantitative estimate of drug-likeness (QED) is 0.828. The van der Waals surface area contributed by atoms with E-state index in [9.17, 15) is 4.39 Å². The minimum Gasteiger partial charge on any atom is -0.496 e. The van der Waals surface area contributed by atoms with E-state index >= 15 is 0 Å². The van der Waals surface area contributed by atoms with Crippen LogP contribution >= 0.6 is 0 Å². The first-order chi connectivity index (χ1) is 7.70. The highest BCUT2D eigenvalue weighted by Crippen LogP contribution is 2.32. The summed E-state index contributed by atoms with van der Waals surface area (Å²) >= 11 is 0. The number of hydrogen-bond acceptors (Lipinski definition) is 2. The van der Waals surface area contributed by atoms with Gasteiger partial charge in [0.25, 0.3) is 0 Å². The number of benzene rings is 1. The second-order valence-corrected chi connectivity index (χ2v) is 4.46. The summed E-state index contributed by atoms with van der Waals surface area (Å²) in [5.74, 6) is 1.34. The third kappa shape index (κ3) is 2.73. The molecule has 1 N–H and O–H groups in total. The highest BCUT2D eigenvalue weighted by Gasteiger charge is 2.27. The Labute approximate surface area is 95.8 Å². The van der Waals surface area contributed by atoms with E-state index < -0.39 is 0 Å². The SMILES string of the molecule is COc1ccc(F)cc1CNC(C)C1CC1. The van der Waals surface area contributed by atoms with Crippen molar-refractivity contribution < 1.29 is 9.13 Å². The van der Waals surface area contributed by atoms with Gasteiger partial charge in [-0.2, -0.15) is 0 Å². The summed E-state index contributed by atoms with van der Waals surface area (Å²) in [5, 5.41) is 3.42. The van der Waals surface area contributed by atoms with Gasteiger partial charge in [-0.1, -0.05) is 0 Å². The predicted molar refractivity (Wildman–Crippen MR) is 62.0 cm³/mol. The monoisotopic (exact) mass is 223 g/mol. The van der Waals surface area contributed by atoms with Crippen LogP contribution in [0.1, 0.15) is 25.3 Å². The van der Waals surface area contributed by atoms with E-state index in [1.807, 2.05) is 0 Å². The summed E-state index contributed by atoms with van der Waals surface area (Å²) in [6.45, 7) is 2.85.